The summed E-state index contributed by atoms with van der Waals surface area (Å²) in [6.45, 7) is -0.256. The second-order valence-electron chi connectivity index (χ2n) is 5.66. The number of nitrogens with zero attached hydrogens (tertiary/aromatic N) is 1. The summed E-state index contributed by atoms with van der Waals surface area (Å²) in [6.07, 6.45) is 0.00272. The number of benzene rings is 1. The number of carbonyl (C=O) groups is 1. The third-order valence-electron chi connectivity index (χ3n) is 4.03. The van der Waals surface area contributed by atoms with Crippen molar-refractivity contribution in [1.29, 1.82) is 0 Å². The van der Waals surface area contributed by atoms with Crippen LogP contribution in [-0.2, 0) is 24.7 Å². The summed E-state index contributed by atoms with van der Waals surface area (Å²) in [5, 5.41) is 1.39. The standard InChI is InChI=1S/C14H18F2N2O5S2/c1-17-14(19)9-24(20,21)11-4-6-18(7-5-11)25(22,23)13-3-2-10(15)8-12(13)16/h2-3,8,11H,4-7,9H2,1H3,(H,17,19). The molecular formula is C14H18F2N2O5S2. The third kappa shape index (κ3) is 4.33. The quantitative estimate of drug-likeness (QED) is 0.771. The topological polar surface area (TPSA) is 101 Å². The van der Waals surface area contributed by atoms with E-state index >= 15 is 0 Å². The Kier molecular flexibility index (Phi) is 5.79. The molecular weight excluding hydrogens is 378 g/mol. The van der Waals surface area contributed by atoms with E-state index in [0.717, 1.165) is 16.4 Å². The molecule has 0 radical (unpaired) electrons. The molecule has 0 atom stereocenters. The van der Waals surface area contributed by atoms with Crippen LogP contribution in [-0.4, -0.2) is 58.2 Å². The fourth-order valence-electron chi connectivity index (χ4n) is 2.63. The molecule has 1 aromatic rings. The van der Waals surface area contributed by atoms with Crippen LogP contribution in [0.15, 0.2) is 23.1 Å². The van der Waals surface area contributed by atoms with Gasteiger partial charge in [-0.3, -0.25) is 4.79 Å². The van der Waals surface area contributed by atoms with Crippen LogP contribution < -0.4 is 5.32 Å². The number of carbonyl (C=O) groups excluding carboxylic acids is 1. The SMILES string of the molecule is CNC(=O)CS(=O)(=O)C1CCN(S(=O)(=O)c2ccc(F)cc2F)CC1. The molecule has 11 heteroatoms. The molecule has 1 aliphatic rings. The molecule has 1 fully saturated rings. The number of sulfonamides is 1. The predicted octanol–water partition coefficient (Wildman–Crippen LogP) is 0.279. The van der Waals surface area contributed by atoms with Gasteiger partial charge in [-0.25, -0.2) is 25.6 Å². The Morgan fingerprint density at radius 1 is 1.20 bits per heavy atom. The predicted molar refractivity (Wildman–Crippen MR) is 86.0 cm³/mol. The molecule has 1 saturated heterocycles. The van der Waals surface area contributed by atoms with Gasteiger partial charge in [-0.15, -0.1) is 0 Å². The molecule has 1 heterocycles. The summed E-state index contributed by atoms with van der Waals surface area (Å²) in [7, 11) is -6.56. The summed E-state index contributed by atoms with van der Waals surface area (Å²) in [5.74, 6) is -3.39. The van der Waals surface area contributed by atoms with Gasteiger partial charge < -0.3 is 5.32 Å². The first kappa shape index (κ1) is 19.7. The van der Waals surface area contributed by atoms with Crippen molar-refractivity contribution in [2.75, 3.05) is 25.9 Å². The lowest BCUT2D eigenvalue weighted by atomic mass is 10.2. The van der Waals surface area contributed by atoms with Crippen molar-refractivity contribution >= 4 is 25.8 Å². The summed E-state index contributed by atoms with van der Waals surface area (Å²) in [5.41, 5.74) is 0. The lowest BCUT2D eigenvalue weighted by Gasteiger charge is -2.30. The highest BCUT2D eigenvalue weighted by molar-refractivity contribution is 7.92. The molecule has 140 valence electrons. The highest BCUT2D eigenvalue weighted by atomic mass is 32.2. The van der Waals surface area contributed by atoms with Crippen molar-refractivity contribution in [3.05, 3.63) is 29.8 Å². The molecule has 0 unspecified atom stereocenters. The van der Waals surface area contributed by atoms with Crippen molar-refractivity contribution in [1.82, 2.24) is 9.62 Å². The number of hydrogen-bond donors (Lipinski definition) is 1. The fourth-order valence-corrected chi connectivity index (χ4v) is 5.82. The maximum absolute atomic E-state index is 13.8. The molecule has 0 bridgehead atoms. The van der Waals surface area contributed by atoms with Gasteiger partial charge in [0.1, 0.15) is 22.3 Å². The van der Waals surface area contributed by atoms with Gasteiger partial charge in [-0.05, 0) is 25.0 Å². The second kappa shape index (κ2) is 7.34. The molecule has 0 aliphatic carbocycles. The highest BCUT2D eigenvalue weighted by Gasteiger charge is 2.36. The summed E-state index contributed by atoms with van der Waals surface area (Å²) < 4.78 is 76.9. The molecule has 0 spiro atoms. The van der Waals surface area contributed by atoms with E-state index in [4.69, 9.17) is 0 Å². The Morgan fingerprint density at radius 2 is 1.80 bits per heavy atom. The van der Waals surface area contributed by atoms with E-state index in [1.165, 1.54) is 7.05 Å². The van der Waals surface area contributed by atoms with E-state index in [9.17, 15) is 30.4 Å². The summed E-state index contributed by atoms with van der Waals surface area (Å²) in [6, 6.07) is 2.17. The van der Waals surface area contributed by atoms with Gasteiger partial charge >= 0.3 is 0 Å². The Balaban J connectivity index is 2.12. The molecule has 1 N–H and O–H groups in total. The first-order valence-electron chi connectivity index (χ1n) is 7.45. The minimum Gasteiger partial charge on any atom is -0.358 e. The molecule has 1 aromatic carbocycles. The van der Waals surface area contributed by atoms with E-state index in [1.807, 2.05) is 0 Å². The molecule has 0 saturated carbocycles. The van der Waals surface area contributed by atoms with Crippen molar-refractivity contribution in [3.8, 4) is 0 Å². The monoisotopic (exact) mass is 396 g/mol. The molecule has 1 amide bonds. The van der Waals surface area contributed by atoms with E-state index in [1.54, 1.807) is 0 Å². The zero-order chi connectivity index (χ0) is 18.8. The molecule has 0 aromatic heterocycles. The molecule has 25 heavy (non-hydrogen) atoms. The van der Waals surface area contributed by atoms with Crippen LogP contribution >= 0.6 is 0 Å². The van der Waals surface area contributed by atoms with Gasteiger partial charge in [0.25, 0.3) is 0 Å². The first-order chi connectivity index (χ1) is 11.6. The van der Waals surface area contributed by atoms with E-state index in [0.29, 0.717) is 6.07 Å². The fraction of sp³-hybridized carbons (Fsp3) is 0.500. The Labute approximate surface area is 145 Å². The lowest BCUT2D eigenvalue weighted by molar-refractivity contribution is -0.118. The van der Waals surface area contributed by atoms with Gasteiger partial charge in [-0.1, -0.05) is 0 Å². The number of sulfone groups is 1. The van der Waals surface area contributed by atoms with Crippen LogP contribution in [0.25, 0.3) is 0 Å². The maximum Gasteiger partial charge on any atom is 0.245 e. The van der Waals surface area contributed by atoms with Crippen LogP contribution in [0.3, 0.4) is 0 Å². The van der Waals surface area contributed by atoms with Crippen molar-refractivity contribution in [2.24, 2.45) is 0 Å². The minimum atomic E-state index is -4.19. The number of piperidine rings is 1. The third-order valence-corrected chi connectivity index (χ3v) is 8.12. The second-order valence-corrected chi connectivity index (χ2v) is 9.85. The Morgan fingerprint density at radius 3 is 2.32 bits per heavy atom. The van der Waals surface area contributed by atoms with Gasteiger partial charge in [0.2, 0.25) is 15.9 Å². The van der Waals surface area contributed by atoms with Crippen molar-refractivity contribution in [3.63, 3.8) is 0 Å². The first-order valence-corrected chi connectivity index (χ1v) is 10.6. The van der Waals surface area contributed by atoms with Crippen LogP contribution in [0.1, 0.15) is 12.8 Å². The largest absolute Gasteiger partial charge is 0.358 e. The number of rotatable bonds is 5. The van der Waals surface area contributed by atoms with Gasteiger partial charge in [0, 0.05) is 26.2 Å². The zero-order valence-electron chi connectivity index (χ0n) is 13.4. The smallest absolute Gasteiger partial charge is 0.245 e. The van der Waals surface area contributed by atoms with Crippen LogP contribution in [0, 0.1) is 11.6 Å². The number of nitrogens with one attached hydrogen (secondary N) is 1. The Bertz CT molecular complexity index is 863. The molecule has 1 aliphatic heterocycles. The van der Waals surface area contributed by atoms with Crippen LogP contribution in [0.2, 0.25) is 0 Å². The van der Waals surface area contributed by atoms with Gasteiger partial charge in [0.15, 0.2) is 9.84 Å². The van der Waals surface area contributed by atoms with E-state index in [-0.39, 0.29) is 25.9 Å². The average Bonchev–Trinajstić information content (AvgIpc) is 2.54. The summed E-state index contributed by atoms with van der Waals surface area (Å²) >= 11 is 0. The van der Waals surface area contributed by atoms with Crippen molar-refractivity contribution < 1.29 is 30.4 Å². The number of halogens is 2. The number of hydrogen-bond acceptors (Lipinski definition) is 5. The summed E-state index contributed by atoms with van der Waals surface area (Å²) in [4.78, 5) is 10.6. The van der Waals surface area contributed by atoms with Crippen LogP contribution in [0.4, 0.5) is 8.78 Å². The lowest BCUT2D eigenvalue weighted by Crippen LogP contribution is -2.44. The average molecular weight is 396 g/mol. The Hall–Kier alpha value is -1.59. The minimum absolute atomic E-state index is 0.00136. The highest BCUT2D eigenvalue weighted by Crippen LogP contribution is 2.26. The van der Waals surface area contributed by atoms with Gasteiger partial charge in [0.05, 0.1) is 5.25 Å². The van der Waals surface area contributed by atoms with E-state index in [2.05, 4.69) is 5.32 Å². The molecule has 2 rings (SSSR count). The van der Waals surface area contributed by atoms with Gasteiger partial charge in [-0.2, -0.15) is 4.31 Å². The van der Waals surface area contributed by atoms with Crippen molar-refractivity contribution in [2.45, 2.75) is 23.0 Å². The van der Waals surface area contributed by atoms with Crippen LogP contribution in [0.5, 0.6) is 0 Å². The zero-order valence-corrected chi connectivity index (χ0v) is 15.0. The normalized spacial score (nSPS) is 17.4. The number of amides is 1. The maximum atomic E-state index is 13.8. The molecule has 7 nitrogen and oxygen atoms in total. The van der Waals surface area contributed by atoms with E-state index < -0.39 is 53.3 Å².